The Morgan fingerprint density at radius 3 is 2.39 bits per heavy atom. The molecule has 1 aromatic carbocycles. The molecule has 0 amide bonds. The zero-order valence-corrected chi connectivity index (χ0v) is 15.3. The molecular formula is C17H26Cl2N2O2. The molecule has 1 aromatic rings. The molecule has 6 heteroatoms. The van der Waals surface area contributed by atoms with Crippen LogP contribution in [0.5, 0.6) is 0 Å². The van der Waals surface area contributed by atoms with Gasteiger partial charge in [0.1, 0.15) is 0 Å². The molecule has 1 atom stereocenters. The van der Waals surface area contributed by atoms with Crippen molar-refractivity contribution in [2.45, 2.75) is 38.3 Å². The van der Waals surface area contributed by atoms with Gasteiger partial charge in [0, 0.05) is 30.2 Å². The van der Waals surface area contributed by atoms with Crippen molar-refractivity contribution in [2.75, 3.05) is 26.7 Å². The van der Waals surface area contributed by atoms with Crippen molar-refractivity contribution < 1.29 is 9.90 Å². The summed E-state index contributed by atoms with van der Waals surface area (Å²) < 4.78 is 0. The quantitative estimate of drug-likeness (QED) is 0.839. The fraction of sp³-hybridized carbons (Fsp3) is 0.588. The Morgan fingerprint density at radius 1 is 1.35 bits per heavy atom. The van der Waals surface area contributed by atoms with Gasteiger partial charge in [0.2, 0.25) is 0 Å². The van der Waals surface area contributed by atoms with Crippen LogP contribution in [0.1, 0.15) is 37.8 Å². The highest BCUT2D eigenvalue weighted by atomic mass is 35.5. The van der Waals surface area contributed by atoms with E-state index in [0.717, 1.165) is 37.4 Å². The molecule has 1 unspecified atom stereocenters. The summed E-state index contributed by atoms with van der Waals surface area (Å²) in [5.74, 6) is -0.752. The highest BCUT2D eigenvalue weighted by molar-refractivity contribution is 6.30. The predicted molar refractivity (Wildman–Crippen MR) is 96.6 cm³/mol. The molecule has 0 saturated carbocycles. The first-order valence-corrected chi connectivity index (χ1v) is 8.30. The van der Waals surface area contributed by atoms with Crippen LogP contribution in [-0.4, -0.2) is 53.6 Å². The van der Waals surface area contributed by atoms with Gasteiger partial charge in [0.25, 0.3) is 0 Å². The Morgan fingerprint density at radius 2 is 1.91 bits per heavy atom. The first-order chi connectivity index (χ1) is 10.5. The summed E-state index contributed by atoms with van der Waals surface area (Å²) in [4.78, 5) is 15.3. The standard InChI is InChI=1S/C17H25ClN2O2.ClH/c1-3-16(13-4-6-14(18)7-5-13)20-10-8-15(9-11-20)19(2)12-17(21)22;/h4-7,15-16H,3,8-12H2,1-2H3,(H,21,22);1H. The second-order valence-corrected chi connectivity index (χ2v) is 6.49. The number of piperidine rings is 1. The van der Waals surface area contributed by atoms with Crippen molar-refractivity contribution in [3.63, 3.8) is 0 Å². The fourth-order valence-corrected chi connectivity index (χ4v) is 3.50. The number of benzene rings is 1. The van der Waals surface area contributed by atoms with Crippen molar-refractivity contribution in [2.24, 2.45) is 0 Å². The van der Waals surface area contributed by atoms with E-state index in [1.807, 2.05) is 24.1 Å². The number of rotatable bonds is 6. The topological polar surface area (TPSA) is 43.8 Å². The van der Waals surface area contributed by atoms with Crippen LogP contribution in [0, 0.1) is 0 Å². The van der Waals surface area contributed by atoms with Crippen LogP contribution in [0.25, 0.3) is 0 Å². The maximum absolute atomic E-state index is 10.8. The molecule has 1 aliphatic heterocycles. The van der Waals surface area contributed by atoms with Gasteiger partial charge in [-0.2, -0.15) is 0 Å². The molecule has 23 heavy (non-hydrogen) atoms. The van der Waals surface area contributed by atoms with E-state index in [-0.39, 0.29) is 19.0 Å². The lowest BCUT2D eigenvalue weighted by Gasteiger charge is -2.40. The Balaban J connectivity index is 0.00000264. The largest absolute Gasteiger partial charge is 0.480 e. The average molecular weight is 361 g/mol. The number of hydrogen-bond donors (Lipinski definition) is 1. The summed E-state index contributed by atoms with van der Waals surface area (Å²) in [6, 6.07) is 8.91. The third-order valence-electron chi connectivity index (χ3n) is 4.59. The Labute approximate surface area is 149 Å². The van der Waals surface area contributed by atoms with Crippen LogP contribution in [0.15, 0.2) is 24.3 Å². The van der Waals surface area contributed by atoms with E-state index in [1.165, 1.54) is 5.56 Å². The van der Waals surface area contributed by atoms with E-state index in [9.17, 15) is 4.79 Å². The van der Waals surface area contributed by atoms with E-state index < -0.39 is 5.97 Å². The lowest BCUT2D eigenvalue weighted by Crippen LogP contribution is -2.45. The van der Waals surface area contributed by atoms with E-state index in [0.29, 0.717) is 12.1 Å². The van der Waals surface area contributed by atoms with Crippen LogP contribution in [0.3, 0.4) is 0 Å². The molecule has 1 saturated heterocycles. The highest BCUT2D eigenvalue weighted by Crippen LogP contribution is 2.29. The summed E-state index contributed by atoms with van der Waals surface area (Å²) in [6.45, 7) is 4.35. The molecule has 1 heterocycles. The van der Waals surface area contributed by atoms with Crippen molar-refractivity contribution >= 4 is 30.0 Å². The second kappa shape index (κ2) is 9.48. The van der Waals surface area contributed by atoms with Gasteiger partial charge in [0.15, 0.2) is 0 Å². The third-order valence-corrected chi connectivity index (χ3v) is 4.84. The maximum atomic E-state index is 10.8. The van der Waals surface area contributed by atoms with Crippen molar-refractivity contribution in [1.82, 2.24) is 9.80 Å². The predicted octanol–water partition coefficient (Wildman–Crippen LogP) is 3.69. The highest BCUT2D eigenvalue weighted by Gasteiger charge is 2.27. The monoisotopic (exact) mass is 360 g/mol. The molecule has 0 bridgehead atoms. The van der Waals surface area contributed by atoms with Crippen LogP contribution < -0.4 is 0 Å². The molecule has 0 spiro atoms. The van der Waals surface area contributed by atoms with Gasteiger partial charge in [-0.05, 0) is 44.0 Å². The lowest BCUT2D eigenvalue weighted by molar-refractivity contribution is -0.138. The maximum Gasteiger partial charge on any atom is 0.317 e. The molecular weight excluding hydrogens is 335 g/mol. The van der Waals surface area contributed by atoms with Crippen LogP contribution in [0.2, 0.25) is 5.02 Å². The molecule has 2 rings (SSSR count). The molecule has 0 aliphatic carbocycles. The molecule has 1 fully saturated rings. The normalized spacial score (nSPS) is 17.7. The first kappa shape index (κ1) is 20.2. The van der Waals surface area contributed by atoms with E-state index >= 15 is 0 Å². The summed E-state index contributed by atoms with van der Waals surface area (Å²) in [5, 5.41) is 9.67. The number of hydrogen-bond acceptors (Lipinski definition) is 3. The number of likely N-dealkylation sites (N-methyl/N-ethyl adjacent to an activating group) is 1. The summed E-state index contributed by atoms with van der Waals surface area (Å²) >= 11 is 5.97. The number of aliphatic carboxylic acids is 1. The van der Waals surface area contributed by atoms with E-state index in [1.54, 1.807) is 0 Å². The lowest BCUT2D eigenvalue weighted by atomic mass is 9.97. The Bertz CT molecular complexity index is 488. The Kier molecular flexibility index (Phi) is 8.34. The van der Waals surface area contributed by atoms with Crippen molar-refractivity contribution in [3.8, 4) is 0 Å². The van der Waals surface area contributed by atoms with Gasteiger partial charge >= 0.3 is 5.97 Å². The third kappa shape index (κ3) is 5.64. The Hall–Kier alpha value is -0.810. The molecule has 0 aromatic heterocycles. The minimum atomic E-state index is -0.752. The minimum Gasteiger partial charge on any atom is -0.480 e. The van der Waals surface area contributed by atoms with E-state index in [2.05, 4.69) is 24.0 Å². The molecule has 4 nitrogen and oxygen atoms in total. The number of carboxylic acid groups (broad SMARTS) is 1. The fourth-order valence-electron chi connectivity index (χ4n) is 3.37. The smallest absolute Gasteiger partial charge is 0.317 e. The van der Waals surface area contributed by atoms with Gasteiger partial charge in [-0.1, -0.05) is 30.7 Å². The van der Waals surface area contributed by atoms with Crippen LogP contribution in [0.4, 0.5) is 0 Å². The summed E-state index contributed by atoms with van der Waals surface area (Å²) in [7, 11) is 1.91. The minimum absolute atomic E-state index is 0. The SMILES string of the molecule is CCC(c1ccc(Cl)cc1)N1CCC(N(C)CC(=O)O)CC1.Cl. The number of nitrogens with zero attached hydrogens (tertiary/aromatic N) is 2. The number of likely N-dealkylation sites (tertiary alicyclic amines) is 1. The average Bonchev–Trinajstić information content (AvgIpc) is 2.50. The van der Waals surface area contributed by atoms with Gasteiger partial charge in [-0.3, -0.25) is 14.6 Å². The molecule has 1 aliphatic rings. The molecule has 1 N–H and O–H groups in total. The van der Waals surface area contributed by atoms with Gasteiger partial charge < -0.3 is 5.11 Å². The number of halogens is 2. The first-order valence-electron chi connectivity index (χ1n) is 7.92. The number of carboxylic acids is 1. The summed E-state index contributed by atoms with van der Waals surface area (Å²) in [5.41, 5.74) is 1.31. The summed E-state index contributed by atoms with van der Waals surface area (Å²) in [6.07, 6.45) is 3.11. The van der Waals surface area contributed by atoms with Gasteiger partial charge in [-0.25, -0.2) is 0 Å². The van der Waals surface area contributed by atoms with Crippen LogP contribution >= 0.6 is 24.0 Å². The zero-order chi connectivity index (χ0) is 16.1. The molecule has 0 radical (unpaired) electrons. The second-order valence-electron chi connectivity index (χ2n) is 6.05. The van der Waals surface area contributed by atoms with Gasteiger partial charge in [0.05, 0.1) is 6.54 Å². The molecule has 130 valence electrons. The van der Waals surface area contributed by atoms with Gasteiger partial charge in [-0.15, -0.1) is 12.4 Å². The van der Waals surface area contributed by atoms with Crippen LogP contribution in [-0.2, 0) is 4.79 Å². The zero-order valence-electron chi connectivity index (χ0n) is 13.7. The van der Waals surface area contributed by atoms with Crippen molar-refractivity contribution in [1.29, 1.82) is 0 Å². The van der Waals surface area contributed by atoms with E-state index in [4.69, 9.17) is 16.7 Å². The van der Waals surface area contributed by atoms with Crippen molar-refractivity contribution in [3.05, 3.63) is 34.9 Å². The number of carbonyl (C=O) groups is 1.